The van der Waals surface area contributed by atoms with Gasteiger partial charge in [-0.05, 0) is 38.5 Å². The van der Waals surface area contributed by atoms with Gasteiger partial charge in [0.25, 0.3) is 0 Å². The predicted octanol–water partition coefficient (Wildman–Crippen LogP) is 2.48. The van der Waals surface area contributed by atoms with E-state index in [1.165, 1.54) is 12.1 Å². The van der Waals surface area contributed by atoms with Crippen molar-refractivity contribution in [2.45, 2.75) is 32.4 Å². The molecule has 0 radical (unpaired) electrons. The van der Waals surface area contributed by atoms with E-state index in [1.807, 2.05) is 12.1 Å². The van der Waals surface area contributed by atoms with E-state index in [-0.39, 0.29) is 41.4 Å². The van der Waals surface area contributed by atoms with E-state index in [0.29, 0.717) is 13.1 Å². The van der Waals surface area contributed by atoms with Crippen LogP contribution in [0.5, 0.6) is 0 Å². The monoisotopic (exact) mass is 563 g/mol. The summed E-state index contributed by atoms with van der Waals surface area (Å²) in [6.45, 7) is 15.3. The Hall–Kier alpha value is -1.01. The van der Waals surface area contributed by atoms with E-state index < -0.39 is 0 Å². The maximum atomic E-state index is 13.5. The maximum Gasteiger partial charge on any atom is 0.191 e. The number of nitrogens with zero attached hydrogens (tertiary/aromatic N) is 3. The molecule has 0 bridgehead atoms. The Morgan fingerprint density at radius 3 is 2.22 bits per heavy atom. The fraction of sp³-hybridized carbons (Fsp3) is 0.696. The highest BCUT2D eigenvalue weighted by molar-refractivity contribution is 14.0. The second-order valence-corrected chi connectivity index (χ2v) is 8.70. The highest BCUT2D eigenvalue weighted by Gasteiger charge is 2.28. The van der Waals surface area contributed by atoms with Crippen LogP contribution in [0, 0.1) is 5.82 Å². The Morgan fingerprint density at radius 2 is 1.62 bits per heavy atom. The number of ether oxygens (including phenoxy) is 2. The molecule has 0 aromatic heterocycles. The first kappa shape index (κ1) is 27.2. The summed E-state index contributed by atoms with van der Waals surface area (Å²) in [5, 5.41) is 6.90. The number of morpholine rings is 2. The lowest BCUT2D eigenvalue weighted by molar-refractivity contribution is -0.00684. The number of rotatable bonds is 8. The Labute approximate surface area is 209 Å². The smallest absolute Gasteiger partial charge is 0.191 e. The first-order valence-corrected chi connectivity index (χ1v) is 11.4. The van der Waals surface area contributed by atoms with Crippen molar-refractivity contribution in [3.05, 3.63) is 35.6 Å². The van der Waals surface area contributed by atoms with E-state index in [2.05, 4.69) is 41.2 Å². The minimum Gasteiger partial charge on any atom is -0.379 e. The standard InChI is InChI=1S/C23H38FN5O2.HI/c1-4-25-22(27-18-23(2,3)29-11-15-31-16-12-29)26-17-21(28-9-13-30-14-10-28)19-5-7-20(24)8-6-19;/h5-8,21H,4,9-18H2,1-3H3,(H2,25,26,27);1H. The minimum absolute atomic E-state index is 0. The quantitative estimate of drug-likeness (QED) is 0.288. The van der Waals surface area contributed by atoms with Crippen molar-refractivity contribution < 1.29 is 13.9 Å². The SMILES string of the molecule is CCNC(=NCC(C)(C)N1CCOCC1)NCC(c1ccc(F)cc1)N1CCOCC1.I. The van der Waals surface area contributed by atoms with Gasteiger partial charge in [-0.15, -0.1) is 24.0 Å². The molecule has 2 aliphatic rings. The summed E-state index contributed by atoms with van der Waals surface area (Å²) in [6, 6.07) is 6.95. The average Bonchev–Trinajstić information content (AvgIpc) is 2.80. The first-order chi connectivity index (χ1) is 15.0. The number of guanidine groups is 1. The normalized spacial score (nSPS) is 19.8. The molecule has 2 N–H and O–H groups in total. The third-order valence-electron chi connectivity index (χ3n) is 6.04. The lowest BCUT2D eigenvalue weighted by atomic mass is 10.0. The Kier molecular flexibility index (Phi) is 11.6. The highest BCUT2D eigenvalue weighted by atomic mass is 127. The van der Waals surface area contributed by atoms with Crippen molar-refractivity contribution in [2.75, 3.05) is 72.2 Å². The fourth-order valence-electron chi connectivity index (χ4n) is 4.11. The zero-order valence-electron chi connectivity index (χ0n) is 19.6. The van der Waals surface area contributed by atoms with Crippen molar-refractivity contribution in [3.63, 3.8) is 0 Å². The summed E-state index contributed by atoms with van der Waals surface area (Å²) >= 11 is 0. The van der Waals surface area contributed by atoms with E-state index in [0.717, 1.165) is 70.7 Å². The molecule has 2 fully saturated rings. The van der Waals surface area contributed by atoms with Gasteiger partial charge in [-0.1, -0.05) is 12.1 Å². The first-order valence-electron chi connectivity index (χ1n) is 11.4. The van der Waals surface area contributed by atoms with E-state index in [1.54, 1.807) is 0 Å². The summed E-state index contributed by atoms with van der Waals surface area (Å²) in [7, 11) is 0. The van der Waals surface area contributed by atoms with Crippen molar-refractivity contribution in [3.8, 4) is 0 Å². The molecule has 1 aromatic rings. The molecule has 32 heavy (non-hydrogen) atoms. The number of benzene rings is 1. The molecule has 1 unspecified atom stereocenters. The van der Waals surface area contributed by atoms with Crippen LogP contribution >= 0.6 is 24.0 Å². The second kappa shape index (κ2) is 13.6. The Bertz CT molecular complexity index is 692. The zero-order chi connectivity index (χ0) is 22.1. The lowest BCUT2D eigenvalue weighted by Gasteiger charge is -2.40. The van der Waals surface area contributed by atoms with Gasteiger partial charge in [0.2, 0.25) is 0 Å². The second-order valence-electron chi connectivity index (χ2n) is 8.70. The van der Waals surface area contributed by atoms with Crippen molar-refractivity contribution in [2.24, 2.45) is 4.99 Å². The molecule has 9 heteroatoms. The van der Waals surface area contributed by atoms with Crippen LogP contribution in [0.3, 0.4) is 0 Å². The van der Waals surface area contributed by atoms with Gasteiger partial charge >= 0.3 is 0 Å². The predicted molar refractivity (Wildman–Crippen MR) is 137 cm³/mol. The van der Waals surface area contributed by atoms with Gasteiger partial charge in [0.15, 0.2) is 5.96 Å². The van der Waals surface area contributed by atoms with Crippen LogP contribution in [-0.2, 0) is 9.47 Å². The number of halogens is 2. The van der Waals surface area contributed by atoms with Crippen LogP contribution in [0.1, 0.15) is 32.4 Å². The molecule has 2 aliphatic heterocycles. The van der Waals surface area contributed by atoms with Gasteiger partial charge in [-0.3, -0.25) is 14.8 Å². The van der Waals surface area contributed by atoms with E-state index in [4.69, 9.17) is 14.5 Å². The molecule has 2 heterocycles. The average molecular weight is 564 g/mol. The van der Waals surface area contributed by atoms with Crippen molar-refractivity contribution in [1.29, 1.82) is 0 Å². The number of aliphatic imine (C=N–C) groups is 1. The summed E-state index contributed by atoms with van der Waals surface area (Å²) in [5.41, 5.74) is 1.06. The molecular weight excluding hydrogens is 524 g/mol. The van der Waals surface area contributed by atoms with Crippen LogP contribution in [0.25, 0.3) is 0 Å². The maximum absolute atomic E-state index is 13.5. The Morgan fingerprint density at radius 1 is 1.03 bits per heavy atom. The van der Waals surface area contributed by atoms with Crippen LogP contribution in [0.15, 0.2) is 29.3 Å². The summed E-state index contributed by atoms with van der Waals surface area (Å²) in [6.07, 6.45) is 0. The molecule has 1 atom stereocenters. The highest BCUT2D eigenvalue weighted by Crippen LogP contribution is 2.22. The molecule has 0 amide bonds. The van der Waals surface area contributed by atoms with Gasteiger partial charge in [0.05, 0.1) is 39.0 Å². The summed E-state index contributed by atoms with van der Waals surface area (Å²) < 4.78 is 24.5. The topological polar surface area (TPSA) is 61.4 Å². The van der Waals surface area contributed by atoms with Crippen LogP contribution in [-0.4, -0.2) is 93.5 Å². The number of hydrogen-bond acceptors (Lipinski definition) is 5. The van der Waals surface area contributed by atoms with E-state index >= 15 is 0 Å². The molecule has 3 rings (SSSR count). The van der Waals surface area contributed by atoms with Crippen LogP contribution in [0.4, 0.5) is 4.39 Å². The minimum atomic E-state index is -0.210. The largest absolute Gasteiger partial charge is 0.379 e. The molecule has 182 valence electrons. The van der Waals surface area contributed by atoms with E-state index in [9.17, 15) is 4.39 Å². The summed E-state index contributed by atoms with van der Waals surface area (Å²) in [5.74, 6) is 0.599. The third kappa shape index (κ3) is 8.09. The van der Waals surface area contributed by atoms with Gasteiger partial charge in [0, 0.05) is 44.8 Å². The van der Waals surface area contributed by atoms with Crippen molar-refractivity contribution in [1.82, 2.24) is 20.4 Å². The molecule has 0 spiro atoms. The van der Waals surface area contributed by atoms with Crippen LogP contribution < -0.4 is 10.6 Å². The Balaban J connectivity index is 0.00000363. The molecule has 2 saturated heterocycles. The van der Waals surface area contributed by atoms with Gasteiger partial charge in [0.1, 0.15) is 5.82 Å². The molecule has 0 aliphatic carbocycles. The molecule has 7 nitrogen and oxygen atoms in total. The van der Waals surface area contributed by atoms with Crippen LogP contribution in [0.2, 0.25) is 0 Å². The molecule has 0 saturated carbocycles. The van der Waals surface area contributed by atoms with Crippen molar-refractivity contribution >= 4 is 29.9 Å². The van der Waals surface area contributed by atoms with Gasteiger partial charge in [-0.25, -0.2) is 4.39 Å². The molecule has 1 aromatic carbocycles. The van der Waals surface area contributed by atoms with Gasteiger partial charge < -0.3 is 20.1 Å². The lowest BCUT2D eigenvalue weighted by Crippen LogP contribution is -2.52. The number of hydrogen-bond donors (Lipinski definition) is 2. The fourth-order valence-corrected chi connectivity index (χ4v) is 4.11. The molecular formula is C23H39FIN5O2. The third-order valence-corrected chi connectivity index (χ3v) is 6.04. The summed E-state index contributed by atoms with van der Waals surface area (Å²) in [4.78, 5) is 9.73. The zero-order valence-corrected chi connectivity index (χ0v) is 21.9. The van der Waals surface area contributed by atoms with Gasteiger partial charge in [-0.2, -0.15) is 0 Å². The number of nitrogens with one attached hydrogen (secondary N) is 2.